The lowest BCUT2D eigenvalue weighted by Gasteiger charge is -2.30. The van der Waals surface area contributed by atoms with Crippen molar-refractivity contribution in [3.8, 4) is 11.5 Å². The second kappa shape index (κ2) is 15.4. The van der Waals surface area contributed by atoms with Crippen LogP contribution in [0, 0.1) is 11.6 Å². The number of carbonyl (C=O) groups excluding carboxylic acids is 1. The van der Waals surface area contributed by atoms with E-state index in [1.807, 2.05) is 0 Å². The van der Waals surface area contributed by atoms with Crippen LogP contribution in [0.25, 0.3) is 0 Å². The number of nitrogens with zero attached hydrogens (tertiary/aromatic N) is 1. The third-order valence-electron chi connectivity index (χ3n) is 7.77. The molecule has 3 N–H and O–H groups in total. The molecule has 0 bridgehead atoms. The Kier molecular flexibility index (Phi) is 11.0. The van der Waals surface area contributed by atoms with Crippen LogP contribution in [0.4, 0.5) is 8.78 Å². The number of aliphatic imine (C=N–C) groups is 1. The minimum absolute atomic E-state index is 0.00936. The van der Waals surface area contributed by atoms with Crippen LogP contribution in [-0.4, -0.2) is 56.9 Å². The second-order valence-electron chi connectivity index (χ2n) is 11.0. The molecule has 0 unspecified atom stereocenters. The van der Waals surface area contributed by atoms with E-state index >= 15 is 0 Å². The zero-order valence-electron chi connectivity index (χ0n) is 26.1. The highest BCUT2D eigenvalue weighted by Crippen LogP contribution is 2.43. The van der Waals surface area contributed by atoms with Crippen molar-refractivity contribution >= 4 is 21.6 Å². The average Bonchev–Trinajstić information content (AvgIpc) is 3.51. The fourth-order valence-corrected chi connectivity index (χ4v) is 6.60. The first-order chi connectivity index (χ1) is 23.1. The highest BCUT2D eigenvalue weighted by Gasteiger charge is 2.54. The Balaban J connectivity index is 1.53. The van der Waals surface area contributed by atoms with Crippen LogP contribution in [0.5, 0.6) is 11.5 Å². The summed E-state index contributed by atoms with van der Waals surface area (Å²) in [5, 5.41) is 9.04. The predicted octanol–water partition coefficient (Wildman–Crippen LogP) is 4.68. The largest absolute Gasteiger partial charge is 0.497 e. The smallest absolute Gasteiger partial charge is 0.266 e. The number of nitrogens with one attached hydrogen (secondary N) is 2. The summed E-state index contributed by atoms with van der Waals surface area (Å²) in [4.78, 5) is 19.2. The molecule has 0 aliphatic carbocycles. The summed E-state index contributed by atoms with van der Waals surface area (Å²) < 4.78 is 72.6. The molecule has 0 saturated carbocycles. The Labute approximate surface area is 277 Å². The zero-order chi connectivity index (χ0) is 34.1. The average molecular weight is 680 g/mol. The number of aliphatic hydroxyl groups is 1. The summed E-state index contributed by atoms with van der Waals surface area (Å²) in [7, 11) is -2.40. The highest BCUT2D eigenvalue weighted by atomic mass is 32.2. The number of hydrazine groups is 1. The van der Waals surface area contributed by atoms with Gasteiger partial charge in [0.25, 0.3) is 5.91 Å². The number of rotatable bonds is 15. The van der Waals surface area contributed by atoms with Crippen LogP contribution in [0.1, 0.15) is 35.6 Å². The predicted molar refractivity (Wildman–Crippen MR) is 174 cm³/mol. The third-order valence-corrected chi connectivity index (χ3v) is 9.50. The standard InChI is InChI=1S/C35H35F2N3O7S/c1-45-29-8-5-7-25(22-29)32-35(17-20-48(43,44)30-9-3-2-4-10-30,34(42)40-38-23-26-21-27(36)13-16-31(26)37)39-33(47-32)24-11-14-28(15-12-24)46-19-6-18-41/h2-5,7-16,21-22,32,38,41H,6,17-20,23H2,1H3,(H,40,42)/t32-,35-/m0/s1. The molecule has 0 aromatic heterocycles. The van der Waals surface area contributed by atoms with Crippen molar-refractivity contribution in [3.63, 3.8) is 0 Å². The van der Waals surface area contributed by atoms with E-state index in [0.29, 0.717) is 35.7 Å². The van der Waals surface area contributed by atoms with Gasteiger partial charge in [0.05, 0.1) is 24.4 Å². The van der Waals surface area contributed by atoms with Gasteiger partial charge in [-0.1, -0.05) is 30.3 Å². The van der Waals surface area contributed by atoms with E-state index in [4.69, 9.17) is 24.3 Å². The van der Waals surface area contributed by atoms with Gasteiger partial charge >= 0.3 is 0 Å². The molecule has 48 heavy (non-hydrogen) atoms. The van der Waals surface area contributed by atoms with Gasteiger partial charge < -0.3 is 19.3 Å². The molecule has 1 aliphatic heterocycles. The van der Waals surface area contributed by atoms with Gasteiger partial charge in [0.15, 0.2) is 21.5 Å². The quantitative estimate of drug-likeness (QED) is 0.122. The summed E-state index contributed by atoms with van der Waals surface area (Å²) in [6.07, 6.45) is -0.968. The molecule has 1 heterocycles. The molecular formula is C35H35F2N3O7S. The van der Waals surface area contributed by atoms with Crippen molar-refractivity contribution in [2.45, 2.75) is 35.9 Å². The van der Waals surface area contributed by atoms with Crippen molar-refractivity contribution in [3.05, 3.63) is 125 Å². The minimum atomic E-state index is -3.89. The van der Waals surface area contributed by atoms with Crippen LogP contribution in [0.2, 0.25) is 0 Å². The van der Waals surface area contributed by atoms with Gasteiger partial charge in [0.2, 0.25) is 5.90 Å². The van der Waals surface area contributed by atoms with Gasteiger partial charge in [-0.15, -0.1) is 0 Å². The van der Waals surface area contributed by atoms with E-state index in [9.17, 15) is 22.0 Å². The second-order valence-corrected chi connectivity index (χ2v) is 13.1. The maximum absolute atomic E-state index is 14.3. The molecule has 1 aliphatic rings. The Bertz CT molecular complexity index is 1860. The first kappa shape index (κ1) is 34.5. The minimum Gasteiger partial charge on any atom is -0.497 e. The number of hydrogen-bond donors (Lipinski definition) is 3. The number of amides is 1. The lowest BCUT2D eigenvalue weighted by atomic mass is 9.85. The summed E-state index contributed by atoms with van der Waals surface area (Å²) in [6, 6.07) is 24.4. The van der Waals surface area contributed by atoms with E-state index in [1.54, 1.807) is 66.7 Å². The number of ether oxygens (including phenoxy) is 3. The summed E-state index contributed by atoms with van der Waals surface area (Å²) in [5.41, 5.74) is 4.28. The number of sulfone groups is 1. The molecule has 4 aromatic rings. The Hall–Kier alpha value is -4.85. The molecule has 2 atom stereocenters. The number of hydrogen-bond acceptors (Lipinski definition) is 9. The van der Waals surface area contributed by atoms with Gasteiger partial charge in [0.1, 0.15) is 23.1 Å². The molecule has 0 fully saturated rings. The van der Waals surface area contributed by atoms with Crippen LogP contribution in [-0.2, 0) is 25.9 Å². The van der Waals surface area contributed by atoms with Crippen molar-refractivity contribution in [1.82, 2.24) is 10.9 Å². The summed E-state index contributed by atoms with van der Waals surface area (Å²) in [6.45, 7) is 0.0359. The van der Waals surface area contributed by atoms with Crippen LogP contribution in [0.3, 0.4) is 0 Å². The normalized spacial score (nSPS) is 17.3. The molecule has 252 valence electrons. The van der Waals surface area contributed by atoms with Gasteiger partial charge in [-0.3, -0.25) is 10.2 Å². The molecule has 1 amide bonds. The van der Waals surface area contributed by atoms with Crippen LogP contribution >= 0.6 is 0 Å². The van der Waals surface area contributed by atoms with Gasteiger partial charge in [0, 0.05) is 37.1 Å². The van der Waals surface area contributed by atoms with Gasteiger partial charge in [-0.05, 0) is 72.3 Å². The SMILES string of the molecule is COc1cccc([C@@H]2OC(c3ccc(OCCCO)cc3)=N[C@]2(CCS(=O)(=O)c2ccccc2)C(=O)NNCc2cc(F)ccc2F)c1. The monoisotopic (exact) mass is 679 g/mol. The molecule has 5 rings (SSSR count). The van der Waals surface area contributed by atoms with E-state index < -0.39 is 44.8 Å². The molecule has 4 aromatic carbocycles. The lowest BCUT2D eigenvalue weighted by Crippen LogP contribution is -2.53. The third kappa shape index (κ3) is 7.98. The molecular weight excluding hydrogens is 644 g/mol. The van der Waals surface area contributed by atoms with Crippen molar-refractivity contribution < 1.29 is 41.3 Å². The summed E-state index contributed by atoms with van der Waals surface area (Å²) >= 11 is 0. The highest BCUT2D eigenvalue weighted by molar-refractivity contribution is 7.91. The maximum atomic E-state index is 14.3. The maximum Gasteiger partial charge on any atom is 0.266 e. The summed E-state index contributed by atoms with van der Waals surface area (Å²) in [5.74, 6) is -1.46. The van der Waals surface area contributed by atoms with Crippen molar-refractivity contribution in [2.75, 3.05) is 26.1 Å². The Morgan fingerprint density at radius 3 is 2.48 bits per heavy atom. The Morgan fingerprint density at radius 2 is 1.75 bits per heavy atom. The number of halogens is 2. The lowest BCUT2D eigenvalue weighted by molar-refractivity contribution is -0.130. The van der Waals surface area contributed by atoms with Gasteiger partial charge in [-0.25, -0.2) is 27.6 Å². The number of benzene rings is 4. The number of methoxy groups -OCH3 is 1. The molecule has 10 nitrogen and oxygen atoms in total. The molecule has 13 heteroatoms. The van der Waals surface area contributed by atoms with E-state index in [0.717, 1.165) is 18.2 Å². The van der Waals surface area contributed by atoms with E-state index in [1.165, 1.54) is 19.2 Å². The van der Waals surface area contributed by atoms with Crippen LogP contribution < -0.4 is 20.3 Å². The Morgan fingerprint density at radius 1 is 0.979 bits per heavy atom. The molecule has 0 saturated heterocycles. The van der Waals surface area contributed by atoms with Crippen molar-refractivity contribution in [2.24, 2.45) is 4.99 Å². The van der Waals surface area contributed by atoms with E-state index in [-0.39, 0.29) is 35.9 Å². The van der Waals surface area contributed by atoms with Crippen molar-refractivity contribution in [1.29, 1.82) is 0 Å². The molecule has 0 radical (unpaired) electrons. The van der Waals surface area contributed by atoms with Gasteiger partial charge in [-0.2, -0.15) is 0 Å². The fraction of sp³-hybridized carbons (Fsp3) is 0.257. The fourth-order valence-electron chi connectivity index (χ4n) is 5.22. The topological polar surface area (TPSA) is 136 Å². The first-order valence-electron chi connectivity index (χ1n) is 15.1. The number of carbonyl (C=O) groups is 1. The number of aliphatic hydroxyl groups excluding tert-OH is 1. The zero-order valence-corrected chi connectivity index (χ0v) is 26.9. The van der Waals surface area contributed by atoms with Crippen LogP contribution in [0.15, 0.2) is 107 Å². The first-order valence-corrected chi connectivity index (χ1v) is 16.8. The molecule has 0 spiro atoms. The van der Waals surface area contributed by atoms with E-state index in [2.05, 4.69) is 10.9 Å².